The number of hydrogen-bond donors (Lipinski definition) is 1. The van der Waals surface area contributed by atoms with Crippen LogP contribution >= 0.6 is 0 Å². The summed E-state index contributed by atoms with van der Waals surface area (Å²) in [5.74, 6) is 0.859. The van der Waals surface area contributed by atoms with Crippen LogP contribution in [0.1, 0.15) is 37.2 Å². The Morgan fingerprint density at radius 2 is 2.12 bits per heavy atom. The van der Waals surface area contributed by atoms with Crippen LogP contribution in [0.5, 0.6) is 0 Å². The van der Waals surface area contributed by atoms with Crippen molar-refractivity contribution >= 4 is 11.6 Å². The van der Waals surface area contributed by atoms with Gasteiger partial charge < -0.3 is 15.2 Å². The molecule has 0 unspecified atom stereocenters. The number of nitrogens with two attached hydrogens (primary N) is 1. The quantitative estimate of drug-likeness (QED) is 0.852. The predicted octanol–water partition coefficient (Wildman–Crippen LogP) is 1.96. The highest BCUT2D eigenvalue weighted by Crippen LogP contribution is 2.19. The van der Waals surface area contributed by atoms with Crippen LogP contribution < -0.4 is 5.73 Å². The molecule has 0 radical (unpaired) electrons. The molecule has 94 valence electrons. The third-order valence-corrected chi connectivity index (χ3v) is 3.55. The van der Waals surface area contributed by atoms with Crippen molar-refractivity contribution in [2.45, 2.75) is 33.2 Å². The molecule has 1 fully saturated rings. The molecule has 4 heteroatoms. The minimum Gasteiger partial charge on any atom is -0.397 e. The van der Waals surface area contributed by atoms with Crippen LogP contribution in [-0.4, -0.2) is 28.5 Å². The Kier molecular flexibility index (Phi) is 3.41. The van der Waals surface area contributed by atoms with Gasteiger partial charge in [-0.15, -0.1) is 0 Å². The number of rotatable bonds is 2. The number of piperidine rings is 1. The molecule has 0 spiro atoms. The molecule has 1 aromatic heterocycles. The van der Waals surface area contributed by atoms with Crippen molar-refractivity contribution in [3.05, 3.63) is 18.0 Å². The summed E-state index contributed by atoms with van der Waals surface area (Å²) >= 11 is 0. The molecule has 0 aromatic carbocycles. The molecule has 0 aliphatic carbocycles. The number of nitrogens with zero attached hydrogens (tertiary/aromatic N) is 2. The van der Waals surface area contributed by atoms with Gasteiger partial charge in [-0.1, -0.05) is 6.92 Å². The number of anilines is 1. The van der Waals surface area contributed by atoms with Crippen LogP contribution in [0, 0.1) is 5.92 Å². The van der Waals surface area contributed by atoms with E-state index in [-0.39, 0.29) is 5.91 Å². The summed E-state index contributed by atoms with van der Waals surface area (Å²) in [6, 6.07) is 1.78. The Labute approximate surface area is 102 Å². The number of carbonyl (C=O) groups excluding carboxylic acids is 1. The SMILES string of the molecule is CCn1cc(N)cc1C(=O)N1CCC(C)CC1. The average molecular weight is 235 g/mol. The zero-order chi connectivity index (χ0) is 12.4. The number of aromatic nitrogens is 1. The number of likely N-dealkylation sites (tertiary alicyclic amines) is 1. The van der Waals surface area contributed by atoms with Gasteiger partial charge >= 0.3 is 0 Å². The van der Waals surface area contributed by atoms with Gasteiger partial charge in [0.1, 0.15) is 5.69 Å². The number of amides is 1. The summed E-state index contributed by atoms with van der Waals surface area (Å²) in [4.78, 5) is 14.3. The molecule has 2 N–H and O–H groups in total. The number of nitrogen functional groups attached to an aromatic ring is 1. The standard InChI is InChI=1S/C13H21N3O/c1-3-15-9-11(14)8-12(15)13(17)16-6-4-10(2)5-7-16/h8-10H,3-7,14H2,1-2H3. The summed E-state index contributed by atoms with van der Waals surface area (Å²) in [6.07, 6.45) is 4.04. The topological polar surface area (TPSA) is 51.3 Å². The molecule has 4 nitrogen and oxygen atoms in total. The lowest BCUT2D eigenvalue weighted by Crippen LogP contribution is -2.38. The summed E-state index contributed by atoms with van der Waals surface area (Å²) in [6.45, 7) is 6.79. The Morgan fingerprint density at radius 1 is 1.47 bits per heavy atom. The maximum Gasteiger partial charge on any atom is 0.270 e. The molecular formula is C13H21N3O. The van der Waals surface area contributed by atoms with Gasteiger partial charge in [-0.2, -0.15) is 0 Å². The van der Waals surface area contributed by atoms with Crippen molar-refractivity contribution in [1.82, 2.24) is 9.47 Å². The second-order valence-corrected chi connectivity index (χ2v) is 4.92. The number of aryl methyl sites for hydroxylation is 1. The first-order chi connectivity index (χ1) is 8.11. The van der Waals surface area contributed by atoms with Crippen molar-refractivity contribution in [3.8, 4) is 0 Å². The molecule has 2 heterocycles. The molecular weight excluding hydrogens is 214 g/mol. The fourth-order valence-electron chi connectivity index (χ4n) is 2.35. The first kappa shape index (κ1) is 12.0. The van der Waals surface area contributed by atoms with Gasteiger partial charge in [0.2, 0.25) is 0 Å². The largest absolute Gasteiger partial charge is 0.397 e. The van der Waals surface area contributed by atoms with Crippen molar-refractivity contribution < 1.29 is 4.79 Å². The first-order valence-corrected chi connectivity index (χ1v) is 6.36. The average Bonchev–Trinajstić information content (AvgIpc) is 2.70. The summed E-state index contributed by atoms with van der Waals surface area (Å²) < 4.78 is 1.93. The van der Waals surface area contributed by atoms with Gasteiger partial charge in [-0.25, -0.2) is 0 Å². The molecule has 2 rings (SSSR count). The van der Waals surface area contributed by atoms with E-state index < -0.39 is 0 Å². The molecule has 0 bridgehead atoms. The van der Waals surface area contributed by atoms with E-state index in [2.05, 4.69) is 6.92 Å². The van der Waals surface area contributed by atoms with Crippen LogP contribution in [0.4, 0.5) is 5.69 Å². The van der Waals surface area contributed by atoms with E-state index in [9.17, 15) is 4.79 Å². The van der Waals surface area contributed by atoms with Gasteiger partial charge in [-0.3, -0.25) is 4.79 Å². The molecule has 1 saturated heterocycles. The van der Waals surface area contributed by atoms with Crippen LogP contribution in [0.3, 0.4) is 0 Å². The highest BCUT2D eigenvalue weighted by atomic mass is 16.2. The van der Waals surface area contributed by atoms with Crippen LogP contribution in [-0.2, 0) is 6.54 Å². The molecule has 0 saturated carbocycles. The van der Waals surface area contributed by atoms with Crippen LogP contribution in [0.15, 0.2) is 12.3 Å². The van der Waals surface area contributed by atoms with E-state index in [1.165, 1.54) is 0 Å². The number of carbonyl (C=O) groups is 1. The van der Waals surface area contributed by atoms with Gasteiger partial charge in [0, 0.05) is 25.8 Å². The zero-order valence-electron chi connectivity index (χ0n) is 10.6. The Hall–Kier alpha value is -1.45. The van der Waals surface area contributed by atoms with Crippen LogP contribution in [0.25, 0.3) is 0 Å². The van der Waals surface area contributed by atoms with Gasteiger partial charge in [0.15, 0.2) is 0 Å². The minimum atomic E-state index is 0.121. The number of hydrogen-bond acceptors (Lipinski definition) is 2. The summed E-state index contributed by atoms with van der Waals surface area (Å²) in [5.41, 5.74) is 7.14. The second-order valence-electron chi connectivity index (χ2n) is 4.92. The second kappa shape index (κ2) is 4.82. The minimum absolute atomic E-state index is 0.121. The first-order valence-electron chi connectivity index (χ1n) is 6.36. The van der Waals surface area contributed by atoms with E-state index in [4.69, 9.17) is 5.73 Å². The molecule has 1 amide bonds. The maximum absolute atomic E-state index is 12.3. The van der Waals surface area contributed by atoms with Gasteiger partial charge in [0.25, 0.3) is 5.91 Å². The normalized spacial score (nSPS) is 17.4. The van der Waals surface area contributed by atoms with Crippen molar-refractivity contribution in [2.24, 2.45) is 5.92 Å². The molecule has 1 aromatic rings. The molecule has 0 atom stereocenters. The van der Waals surface area contributed by atoms with E-state index in [1.807, 2.05) is 22.6 Å². The van der Waals surface area contributed by atoms with Gasteiger partial charge in [0.05, 0.1) is 5.69 Å². The third-order valence-electron chi connectivity index (χ3n) is 3.55. The fraction of sp³-hybridized carbons (Fsp3) is 0.615. The monoisotopic (exact) mass is 235 g/mol. The molecule has 17 heavy (non-hydrogen) atoms. The van der Waals surface area contributed by atoms with Gasteiger partial charge in [-0.05, 0) is 31.7 Å². The smallest absolute Gasteiger partial charge is 0.270 e. The Morgan fingerprint density at radius 3 is 2.71 bits per heavy atom. The van der Waals surface area contributed by atoms with Crippen molar-refractivity contribution in [1.29, 1.82) is 0 Å². The highest BCUT2D eigenvalue weighted by molar-refractivity contribution is 5.93. The zero-order valence-corrected chi connectivity index (χ0v) is 10.6. The Bertz CT molecular complexity index is 403. The lowest BCUT2D eigenvalue weighted by molar-refractivity contribution is 0.0686. The predicted molar refractivity (Wildman–Crippen MR) is 68.8 cm³/mol. The lowest BCUT2D eigenvalue weighted by atomic mass is 9.99. The van der Waals surface area contributed by atoms with E-state index in [0.717, 1.165) is 44.1 Å². The van der Waals surface area contributed by atoms with E-state index in [1.54, 1.807) is 6.07 Å². The molecule has 1 aliphatic rings. The van der Waals surface area contributed by atoms with Crippen molar-refractivity contribution in [3.63, 3.8) is 0 Å². The molecule has 1 aliphatic heterocycles. The lowest BCUT2D eigenvalue weighted by Gasteiger charge is -2.30. The summed E-state index contributed by atoms with van der Waals surface area (Å²) in [5, 5.41) is 0. The summed E-state index contributed by atoms with van der Waals surface area (Å²) in [7, 11) is 0. The fourth-order valence-corrected chi connectivity index (χ4v) is 2.35. The van der Waals surface area contributed by atoms with E-state index in [0.29, 0.717) is 5.69 Å². The third kappa shape index (κ3) is 2.46. The Balaban J connectivity index is 2.13. The van der Waals surface area contributed by atoms with Crippen LogP contribution in [0.2, 0.25) is 0 Å². The highest BCUT2D eigenvalue weighted by Gasteiger charge is 2.23. The maximum atomic E-state index is 12.3. The van der Waals surface area contributed by atoms with E-state index >= 15 is 0 Å². The van der Waals surface area contributed by atoms with Crippen molar-refractivity contribution in [2.75, 3.05) is 18.8 Å².